The third kappa shape index (κ3) is 5.16. The molecule has 2 aromatic rings. The molecule has 0 heterocycles. The van der Waals surface area contributed by atoms with Crippen LogP contribution in [-0.2, 0) is 4.79 Å². The van der Waals surface area contributed by atoms with Crippen LogP contribution < -0.4 is 5.32 Å². The largest absolute Gasteiger partial charge is 0.345 e. The molecule has 2 rings (SSSR count). The summed E-state index contributed by atoms with van der Waals surface area (Å²) < 4.78 is 0. The van der Waals surface area contributed by atoms with Crippen molar-refractivity contribution in [2.24, 2.45) is 0 Å². The van der Waals surface area contributed by atoms with Crippen molar-refractivity contribution in [2.75, 3.05) is 0 Å². The van der Waals surface area contributed by atoms with Crippen molar-refractivity contribution in [1.82, 2.24) is 5.32 Å². The molecule has 1 N–H and O–H groups in total. The Morgan fingerprint density at radius 3 is 2.59 bits per heavy atom. The van der Waals surface area contributed by atoms with E-state index >= 15 is 0 Å². The van der Waals surface area contributed by atoms with Gasteiger partial charge in [0.2, 0.25) is 0 Å². The molecule has 138 valence electrons. The van der Waals surface area contributed by atoms with Gasteiger partial charge in [0.15, 0.2) is 0 Å². The molecule has 27 heavy (non-hydrogen) atoms. The number of rotatable bonds is 7. The molecular weight excluding hydrogens is 366 g/mol. The van der Waals surface area contributed by atoms with Crippen molar-refractivity contribution in [3.05, 3.63) is 80.4 Å². The maximum Gasteiger partial charge on any atom is 0.278 e. The second kappa shape index (κ2) is 9.51. The lowest BCUT2D eigenvalue weighted by molar-refractivity contribution is -0.385. The normalized spacial score (nSPS) is 12.1. The Bertz CT molecular complexity index is 904. The molecule has 0 aliphatic carbocycles. The number of nitriles is 1. The smallest absolute Gasteiger partial charge is 0.278 e. The number of carbonyl (C=O) groups excluding carboxylic acids is 1. The van der Waals surface area contributed by atoms with Crippen molar-refractivity contribution in [2.45, 2.75) is 25.8 Å². The van der Waals surface area contributed by atoms with Crippen LogP contribution in [-0.4, -0.2) is 10.8 Å². The number of halogens is 1. The minimum atomic E-state index is -0.603. The van der Waals surface area contributed by atoms with Gasteiger partial charge in [0.05, 0.1) is 21.6 Å². The molecule has 1 amide bonds. The molecule has 0 aromatic heterocycles. The fourth-order valence-electron chi connectivity index (χ4n) is 2.65. The van der Waals surface area contributed by atoms with Gasteiger partial charge in [-0.2, -0.15) is 5.26 Å². The second-order valence-corrected chi connectivity index (χ2v) is 6.23. The molecule has 0 saturated heterocycles. The molecule has 6 nitrogen and oxygen atoms in total. The average molecular weight is 384 g/mol. The van der Waals surface area contributed by atoms with E-state index in [4.69, 9.17) is 11.6 Å². The van der Waals surface area contributed by atoms with Crippen LogP contribution in [0.4, 0.5) is 5.69 Å². The van der Waals surface area contributed by atoms with Crippen molar-refractivity contribution in [3.8, 4) is 6.07 Å². The quantitative estimate of drug-likeness (QED) is 0.321. The highest BCUT2D eigenvalue weighted by Crippen LogP contribution is 2.29. The first-order valence-electron chi connectivity index (χ1n) is 8.38. The molecule has 7 heteroatoms. The summed E-state index contributed by atoms with van der Waals surface area (Å²) in [6.07, 6.45) is 2.69. The standard InChI is InChI=1S/C20H18ClN3O3/c1-2-7-18(14-8-4-3-5-9-14)23-20(25)15(13-22)12-16-17(21)10-6-11-19(16)24(26)27/h3-6,8-12,18H,2,7H2,1H3,(H,23,25)/b15-12+/t18-/m0/s1. The van der Waals surface area contributed by atoms with Crippen LogP contribution in [0.25, 0.3) is 6.08 Å². The molecule has 0 saturated carbocycles. The van der Waals surface area contributed by atoms with Gasteiger partial charge in [-0.3, -0.25) is 14.9 Å². The molecule has 0 bridgehead atoms. The molecule has 0 spiro atoms. The van der Waals surface area contributed by atoms with Crippen molar-refractivity contribution < 1.29 is 9.72 Å². The van der Waals surface area contributed by atoms with Crippen molar-refractivity contribution in [1.29, 1.82) is 5.26 Å². The number of hydrogen-bond acceptors (Lipinski definition) is 4. The number of nitrogens with zero attached hydrogens (tertiary/aromatic N) is 2. The van der Waals surface area contributed by atoms with Gasteiger partial charge in [0.25, 0.3) is 11.6 Å². The first kappa shape index (κ1) is 20.1. The molecule has 1 atom stereocenters. The van der Waals surface area contributed by atoms with E-state index in [1.165, 1.54) is 18.2 Å². The number of nitro benzene ring substituents is 1. The predicted molar refractivity (Wildman–Crippen MR) is 104 cm³/mol. The zero-order valence-corrected chi connectivity index (χ0v) is 15.4. The van der Waals surface area contributed by atoms with Gasteiger partial charge in [0.1, 0.15) is 11.6 Å². The molecule has 0 aliphatic heterocycles. The van der Waals surface area contributed by atoms with Crippen LogP contribution in [0.15, 0.2) is 54.1 Å². The van der Waals surface area contributed by atoms with E-state index in [0.717, 1.165) is 18.1 Å². The monoisotopic (exact) mass is 383 g/mol. The Kier molecular flexibility index (Phi) is 7.09. The van der Waals surface area contributed by atoms with E-state index in [1.807, 2.05) is 43.3 Å². The van der Waals surface area contributed by atoms with E-state index in [0.29, 0.717) is 6.42 Å². The summed E-state index contributed by atoms with van der Waals surface area (Å²) in [4.78, 5) is 23.2. The van der Waals surface area contributed by atoms with Crippen LogP contribution >= 0.6 is 11.6 Å². The second-order valence-electron chi connectivity index (χ2n) is 5.82. The Hall–Kier alpha value is -3.17. The Morgan fingerprint density at radius 2 is 2.00 bits per heavy atom. The number of amides is 1. The van der Waals surface area contributed by atoms with Crippen LogP contribution in [0.3, 0.4) is 0 Å². The van der Waals surface area contributed by atoms with Crippen LogP contribution in [0.5, 0.6) is 0 Å². The van der Waals surface area contributed by atoms with Crippen LogP contribution in [0.2, 0.25) is 5.02 Å². The third-order valence-corrected chi connectivity index (χ3v) is 4.29. The maximum absolute atomic E-state index is 12.6. The van der Waals surface area contributed by atoms with E-state index in [9.17, 15) is 20.2 Å². The fourth-order valence-corrected chi connectivity index (χ4v) is 2.88. The fraction of sp³-hybridized carbons (Fsp3) is 0.200. The molecule has 0 unspecified atom stereocenters. The van der Waals surface area contributed by atoms with Gasteiger partial charge >= 0.3 is 0 Å². The average Bonchev–Trinajstić information content (AvgIpc) is 2.67. The number of nitrogens with one attached hydrogen (secondary N) is 1. The first-order chi connectivity index (χ1) is 13.0. The van der Waals surface area contributed by atoms with E-state index in [2.05, 4.69) is 5.32 Å². The van der Waals surface area contributed by atoms with Gasteiger partial charge in [-0.05, 0) is 24.1 Å². The summed E-state index contributed by atoms with van der Waals surface area (Å²) in [6.45, 7) is 2.00. The Morgan fingerprint density at radius 1 is 1.30 bits per heavy atom. The first-order valence-corrected chi connectivity index (χ1v) is 8.76. The lowest BCUT2D eigenvalue weighted by atomic mass is 10.0. The number of carbonyl (C=O) groups is 1. The minimum absolute atomic E-state index is 0.0302. The highest BCUT2D eigenvalue weighted by Gasteiger charge is 2.20. The SMILES string of the molecule is CCC[C@H](NC(=O)/C(C#N)=C/c1c(Cl)cccc1[N+](=O)[O-])c1ccccc1. The predicted octanol–water partition coefficient (Wildman–Crippen LogP) is 4.81. The van der Waals surface area contributed by atoms with E-state index in [1.54, 1.807) is 0 Å². The molecule has 0 aliphatic rings. The number of nitro groups is 1. The maximum atomic E-state index is 12.6. The summed E-state index contributed by atoms with van der Waals surface area (Å²) in [5.74, 6) is -0.603. The summed E-state index contributed by atoms with van der Waals surface area (Å²) in [6, 6.07) is 15.2. The van der Waals surface area contributed by atoms with Gasteiger partial charge in [-0.25, -0.2) is 0 Å². The van der Waals surface area contributed by atoms with Gasteiger partial charge in [0, 0.05) is 6.07 Å². The Labute approximate surface area is 162 Å². The van der Waals surface area contributed by atoms with Crippen molar-refractivity contribution in [3.63, 3.8) is 0 Å². The lowest BCUT2D eigenvalue weighted by Crippen LogP contribution is -2.29. The molecule has 0 radical (unpaired) electrons. The summed E-state index contributed by atoms with van der Waals surface area (Å²) in [7, 11) is 0. The van der Waals surface area contributed by atoms with E-state index in [-0.39, 0.29) is 27.9 Å². The minimum Gasteiger partial charge on any atom is -0.345 e. The van der Waals surface area contributed by atoms with Crippen molar-refractivity contribution >= 4 is 29.3 Å². The number of hydrogen-bond donors (Lipinski definition) is 1. The topological polar surface area (TPSA) is 96.0 Å². The van der Waals surface area contributed by atoms with Crippen LogP contribution in [0.1, 0.15) is 36.9 Å². The van der Waals surface area contributed by atoms with Gasteiger partial charge in [-0.1, -0.05) is 61.3 Å². The lowest BCUT2D eigenvalue weighted by Gasteiger charge is -2.18. The number of benzene rings is 2. The van der Waals surface area contributed by atoms with Crippen LogP contribution in [0, 0.1) is 21.4 Å². The molecule has 2 aromatic carbocycles. The highest BCUT2D eigenvalue weighted by molar-refractivity contribution is 6.32. The zero-order valence-electron chi connectivity index (χ0n) is 14.7. The van der Waals surface area contributed by atoms with Gasteiger partial charge < -0.3 is 5.32 Å². The summed E-state index contributed by atoms with van der Waals surface area (Å²) in [5, 5.41) is 23.5. The third-order valence-electron chi connectivity index (χ3n) is 3.96. The Balaban J connectivity index is 2.35. The highest BCUT2D eigenvalue weighted by atomic mass is 35.5. The molecular formula is C20H18ClN3O3. The van der Waals surface area contributed by atoms with E-state index < -0.39 is 10.8 Å². The zero-order chi connectivity index (χ0) is 19.8. The molecule has 0 fully saturated rings. The summed E-state index contributed by atoms with van der Waals surface area (Å²) in [5.41, 5.74) is 0.441. The summed E-state index contributed by atoms with van der Waals surface area (Å²) >= 11 is 6.04. The van der Waals surface area contributed by atoms with Gasteiger partial charge in [-0.15, -0.1) is 0 Å².